The van der Waals surface area contributed by atoms with Crippen LogP contribution >= 0.6 is 0 Å². The number of piperidine rings is 1. The van der Waals surface area contributed by atoms with Crippen molar-refractivity contribution in [2.24, 2.45) is 0 Å². The van der Waals surface area contributed by atoms with Crippen molar-refractivity contribution in [1.29, 1.82) is 0 Å². The lowest BCUT2D eigenvalue weighted by Gasteiger charge is -2.32. The van der Waals surface area contributed by atoms with Gasteiger partial charge in [0.2, 0.25) is 0 Å². The maximum atomic E-state index is 13.4. The molecule has 0 spiro atoms. The highest BCUT2D eigenvalue weighted by molar-refractivity contribution is 6.14. The highest BCUT2D eigenvalue weighted by atomic mass is 16.5. The van der Waals surface area contributed by atoms with E-state index in [0.29, 0.717) is 19.1 Å². The van der Waals surface area contributed by atoms with Gasteiger partial charge in [0.05, 0.1) is 13.2 Å². The number of hydrogen-bond acceptors (Lipinski definition) is 4. The number of rotatable bonds is 13. The molecule has 1 aliphatic rings. The summed E-state index contributed by atoms with van der Waals surface area (Å²) in [5.74, 6) is 1.89. The highest BCUT2D eigenvalue weighted by Crippen LogP contribution is 2.25. The third kappa shape index (κ3) is 8.67. The van der Waals surface area contributed by atoms with E-state index in [-0.39, 0.29) is 5.78 Å². The molecule has 0 aliphatic carbocycles. The summed E-state index contributed by atoms with van der Waals surface area (Å²) in [5, 5.41) is 0. The van der Waals surface area contributed by atoms with Crippen LogP contribution in [0.15, 0.2) is 59.7 Å². The zero-order valence-electron chi connectivity index (χ0n) is 22.6. The topological polar surface area (TPSA) is 38.8 Å². The van der Waals surface area contributed by atoms with Crippen molar-refractivity contribution in [2.45, 2.75) is 72.3 Å². The number of unbranched alkanes of at least 4 members (excludes halogenated alkanes) is 4. The second-order valence-electron chi connectivity index (χ2n) is 9.92. The monoisotopic (exact) mass is 489 g/mol. The normalized spacial score (nSPS) is 16.8. The minimum absolute atomic E-state index is 0.131. The first kappa shape index (κ1) is 27.7. The third-order valence-electron chi connectivity index (χ3n) is 6.54. The third-order valence-corrected chi connectivity index (χ3v) is 6.54. The Balaban J connectivity index is 1.71. The SMILES string of the molecule is CCCCCOc1ccc(C=C2CN(C(C)C)CC(=Cc3ccc(OCCCCC)cc3)C2=O)cc1. The van der Waals surface area contributed by atoms with E-state index < -0.39 is 0 Å². The Bertz CT molecular complexity index is 925. The fourth-order valence-electron chi connectivity index (χ4n) is 4.24. The molecule has 0 aromatic heterocycles. The summed E-state index contributed by atoms with van der Waals surface area (Å²) < 4.78 is 11.7. The molecule has 0 unspecified atom stereocenters. The van der Waals surface area contributed by atoms with Gasteiger partial charge >= 0.3 is 0 Å². The van der Waals surface area contributed by atoms with E-state index in [4.69, 9.17) is 9.47 Å². The van der Waals surface area contributed by atoms with Gasteiger partial charge in [-0.15, -0.1) is 0 Å². The summed E-state index contributed by atoms with van der Waals surface area (Å²) in [5.41, 5.74) is 3.70. The fourth-order valence-corrected chi connectivity index (χ4v) is 4.24. The van der Waals surface area contributed by atoms with Crippen LogP contribution in [0.25, 0.3) is 12.2 Å². The molecule has 0 N–H and O–H groups in total. The molecule has 194 valence electrons. The zero-order chi connectivity index (χ0) is 25.8. The van der Waals surface area contributed by atoms with Crippen LogP contribution in [0.1, 0.15) is 77.3 Å². The highest BCUT2D eigenvalue weighted by Gasteiger charge is 2.27. The minimum Gasteiger partial charge on any atom is -0.494 e. The molecule has 1 saturated heterocycles. The molecule has 1 aliphatic heterocycles. The number of benzene rings is 2. The predicted octanol–water partition coefficient (Wildman–Crippen LogP) is 7.58. The van der Waals surface area contributed by atoms with Crippen molar-refractivity contribution >= 4 is 17.9 Å². The molecule has 0 saturated carbocycles. The molecular formula is C32H43NO3. The molecule has 2 aromatic rings. The smallest absolute Gasteiger partial charge is 0.187 e. The number of ether oxygens (including phenoxy) is 2. The summed E-state index contributed by atoms with van der Waals surface area (Å²) in [4.78, 5) is 15.8. The van der Waals surface area contributed by atoms with Crippen molar-refractivity contribution in [3.63, 3.8) is 0 Å². The number of carbonyl (C=O) groups excluding carboxylic acids is 1. The Kier molecular flexibility index (Phi) is 11.3. The van der Waals surface area contributed by atoms with Crippen molar-refractivity contribution in [3.8, 4) is 11.5 Å². The van der Waals surface area contributed by atoms with E-state index in [1.807, 2.05) is 60.7 Å². The maximum Gasteiger partial charge on any atom is 0.187 e. The Morgan fingerprint density at radius 2 is 1.14 bits per heavy atom. The van der Waals surface area contributed by atoms with Crippen molar-refractivity contribution in [3.05, 3.63) is 70.8 Å². The lowest BCUT2D eigenvalue weighted by atomic mass is 9.93. The van der Waals surface area contributed by atoms with Gasteiger partial charge in [0.15, 0.2) is 5.78 Å². The van der Waals surface area contributed by atoms with Crippen LogP contribution in [-0.4, -0.2) is 43.0 Å². The van der Waals surface area contributed by atoms with Crippen LogP contribution in [0, 0.1) is 0 Å². The number of hydrogen-bond donors (Lipinski definition) is 0. The quantitative estimate of drug-likeness (QED) is 0.215. The summed E-state index contributed by atoms with van der Waals surface area (Å²) in [6, 6.07) is 16.5. The van der Waals surface area contributed by atoms with Crippen LogP contribution in [0.2, 0.25) is 0 Å². The van der Waals surface area contributed by atoms with E-state index in [9.17, 15) is 4.79 Å². The molecule has 36 heavy (non-hydrogen) atoms. The number of carbonyl (C=O) groups is 1. The predicted molar refractivity (Wildman–Crippen MR) is 151 cm³/mol. The van der Waals surface area contributed by atoms with E-state index in [0.717, 1.165) is 59.8 Å². The largest absolute Gasteiger partial charge is 0.494 e. The van der Waals surface area contributed by atoms with Crippen LogP contribution in [0.4, 0.5) is 0 Å². The molecule has 0 atom stereocenters. The molecule has 1 heterocycles. The molecule has 0 amide bonds. The first-order valence-corrected chi connectivity index (χ1v) is 13.7. The van der Waals surface area contributed by atoms with E-state index in [1.54, 1.807) is 0 Å². The Morgan fingerprint density at radius 3 is 1.50 bits per heavy atom. The summed E-state index contributed by atoms with van der Waals surface area (Å²) in [6.07, 6.45) is 10.9. The number of likely N-dealkylation sites (tertiary alicyclic amines) is 1. The zero-order valence-corrected chi connectivity index (χ0v) is 22.6. The van der Waals surface area contributed by atoms with Gasteiger partial charge in [-0.1, -0.05) is 63.8 Å². The summed E-state index contributed by atoms with van der Waals surface area (Å²) in [6.45, 7) is 11.6. The second kappa shape index (κ2) is 14.6. The van der Waals surface area contributed by atoms with Crippen molar-refractivity contribution in [2.75, 3.05) is 26.3 Å². The Labute approximate surface area is 218 Å². The Morgan fingerprint density at radius 1 is 0.722 bits per heavy atom. The van der Waals surface area contributed by atoms with Crippen LogP contribution in [0.3, 0.4) is 0 Å². The average Bonchev–Trinajstić information content (AvgIpc) is 2.88. The van der Waals surface area contributed by atoms with Gasteiger partial charge in [0, 0.05) is 30.3 Å². The average molecular weight is 490 g/mol. The van der Waals surface area contributed by atoms with E-state index in [2.05, 4.69) is 32.6 Å². The lowest BCUT2D eigenvalue weighted by molar-refractivity contribution is -0.113. The number of nitrogens with zero attached hydrogens (tertiary/aromatic N) is 1. The van der Waals surface area contributed by atoms with Crippen LogP contribution in [-0.2, 0) is 4.79 Å². The molecule has 2 aromatic carbocycles. The van der Waals surface area contributed by atoms with Crippen molar-refractivity contribution in [1.82, 2.24) is 4.90 Å². The van der Waals surface area contributed by atoms with Gasteiger partial charge in [-0.2, -0.15) is 0 Å². The Hall–Kier alpha value is -2.85. The number of ketones is 1. The van der Waals surface area contributed by atoms with Gasteiger partial charge in [-0.25, -0.2) is 0 Å². The first-order valence-electron chi connectivity index (χ1n) is 13.7. The molecule has 0 bridgehead atoms. The molecule has 1 fully saturated rings. The van der Waals surface area contributed by atoms with E-state index in [1.165, 1.54) is 25.7 Å². The lowest BCUT2D eigenvalue weighted by Crippen LogP contribution is -2.41. The van der Waals surface area contributed by atoms with Crippen molar-refractivity contribution < 1.29 is 14.3 Å². The van der Waals surface area contributed by atoms with Gasteiger partial charge in [0.25, 0.3) is 0 Å². The summed E-state index contributed by atoms with van der Waals surface area (Å²) in [7, 11) is 0. The first-order chi connectivity index (χ1) is 17.5. The maximum absolute atomic E-state index is 13.4. The standard InChI is InChI=1S/C32H43NO3/c1-5-7-9-19-35-30-15-11-26(12-16-30)21-28-23-33(25(3)4)24-29(32(28)34)22-27-13-17-31(18-14-27)36-20-10-8-6-2/h11-18,21-22,25H,5-10,19-20,23-24H2,1-4H3. The molecule has 3 rings (SSSR count). The van der Waals surface area contributed by atoms with Gasteiger partial charge in [-0.3, -0.25) is 9.69 Å². The summed E-state index contributed by atoms with van der Waals surface area (Å²) >= 11 is 0. The van der Waals surface area contributed by atoms with Gasteiger partial charge < -0.3 is 9.47 Å². The fraction of sp³-hybridized carbons (Fsp3) is 0.469. The molecule has 4 heteroatoms. The minimum atomic E-state index is 0.131. The number of Topliss-reactive ketones (excluding diaryl/α,β-unsaturated/α-hetero) is 1. The van der Waals surface area contributed by atoms with E-state index >= 15 is 0 Å². The van der Waals surface area contributed by atoms with Crippen LogP contribution < -0.4 is 9.47 Å². The molecule has 0 radical (unpaired) electrons. The van der Waals surface area contributed by atoms with Gasteiger partial charge in [0.1, 0.15) is 11.5 Å². The van der Waals surface area contributed by atoms with Crippen LogP contribution in [0.5, 0.6) is 11.5 Å². The molecule has 4 nitrogen and oxygen atoms in total. The second-order valence-corrected chi connectivity index (χ2v) is 9.92. The molecular weight excluding hydrogens is 446 g/mol. The van der Waals surface area contributed by atoms with Gasteiger partial charge in [-0.05, 0) is 74.2 Å².